The van der Waals surface area contributed by atoms with Crippen molar-refractivity contribution >= 4 is 0 Å². The van der Waals surface area contributed by atoms with E-state index in [4.69, 9.17) is 5.73 Å². The fourth-order valence-corrected chi connectivity index (χ4v) is 2.66. The highest BCUT2D eigenvalue weighted by molar-refractivity contribution is 5.28. The number of nitrogens with two attached hydrogens (primary N) is 1. The lowest BCUT2D eigenvalue weighted by molar-refractivity contribution is -0.00944. The van der Waals surface area contributed by atoms with Gasteiger partial charge in [0.2, 0.25) is 0 Å². The summed E-state index contributed by atoms with van der Waals surface area (Å²) in [6.45, 7) is 0. The van der Waals surface area contributed by atoms with Crippen LogP contribution in [0.3, 0.4) is 0 Å². The van der Waals surface area contributed by atoms with E-state index in [9.17, 15) is 10.2 Å². The Bertz CT molecular complexity index is 355. The first-order valence-electron chi connectivity index (χ1n) is 6.36. The number of hydrogen-bond acceptors (Lipinski definition) is 3. The Morgan fingerprint density at radius 1 is 1.12 bits per heavy atom. The maximum atomic E-state index is 10.4. The van der Waals surface area contributed by atoms with Crippen LogP contribution in [-0.2, 0) is 0 Å². The lowest BCUT2D eigenvalue weighted by atomic mass is 9.79. The fraction of sp³-hybridized carbons (Fsp3) is 0.571. The predicted molar refractivity (Wildman–Crippen MR) is 67.7 cm³/mol. The molecule has 0 spiro atoms. The van der Waals surface area contributed by atoms with Gasteiger partial charge >= 0.3 is 0 Å². The van der Waals surface area contributed by atoms with Crippen molar-refractivity contribution in [1.29, 1.82) is 0 Å². The third-order valence-corrected chi connectivity index (χ3v) is 3.71. The molecule has 0 heterocycles. The van der Waals surface area contributed by atoms with Crippen LogP contribution in [0, 0.1) is 0 Å². The highest BCUT2D eigenvalue weighted by Crippen LogP contribution is 2.34. The molecule has 1 aromatic rings. The van der Waals surface area contributed by atoms with Crippen molar-refractivity contribution in [3.63, 3.8) is 0 Å². The van der Waals surface area contributed by atoms with Gasteiger partial charge in [-0.2, -0.15) is 0 Å². The molecular formula is C14H21NO2. The maximum absolute atomic E-state index is 10.4. The van der Waals surface area contributed by atoms with Gasteiger partial charge in [-0.05, 0) is 37.0 Å². The summed E-state index contributed by atoms with van der Waals surface area (Å²) < 4.78 is 0. The molecular weight excluding hydrogens is 214 g/mol. The summed E-state index contributed by atoms with van der Waals surface area (Å²) >= 11 is 0. The van der Waals surface area contributed by atoms with Crippen LogP contribution in [0.15, 0.2) is 24.3 Å². The largest absolute Gasteiger partial charge is 0.508 e. The summed E-state index contributed by atoms with van der Waals surface area (Å²) in [5.74, 6) is 0.248. The quantitative estimate of drug-likeness (QED) is 0.754. The molecule has 4 N–H and O–H groups in total. The van der Waals surface area contributed by atoms with E-state index < -0.39 is 5.60 Å². The van der Waals surface area contributed by atoms with Gasteiger partial charge in [-0.15, -0.1) is 0 Å². The first-order valence-corrected chi connectivity index (χ1v) is 6.36. The van der Waals surface area contributed by atoms with Crippen LogP contribution in [0.4, 0.5) is 0 Å². The van der Waals surface area contributed by atoms with E-state index in [2.05, 4.69) is 0 Å². The van der Waals surface area contributed by atoms with E-state index in [1.54, 1.807) is 12.1 Å². The van der Waals surface area contributed by atoms with Crippen molar-refractivity contribution in [3.05, 3.63) is 29.8 Å². The van der Waals surface area contributed by atoms with Crippen molar-refractivity contribution in [2.24, 2.45) is 5.73 Å². The molecule has 3 heteroatoms. The number of aromatic hydroxyl groups is 1. The van der Waals surface area contributed by atoms with Crippen LogP contribution in [0.5, 0.6) is 5.75 Å². The maximum Gasteiger partial charge on any atom is 0.115 e. The molecule has 0 amide bonds. The van der Waals surface area contributed by atoms with Gasteiger partial charge in [-0.1, -0.05) is 31.4 Å². The standard InChI is InChI=1S/C14H21NO2/c15-13(11-4-6-12(16)7-5-11)10-14(17)8-2-1-3-9-14/h4-7,13,16-17H,1-3,8-10,15H2. The molecule has 0 radical (unpaired) electrons. The molecule has 1 saturated carbocycles. The highest BCUT2D eigenvalue weighted by Gasteiger charge is 2.31. The van der Waals surface area contributed by atoms with Crippen LogP contribution in [0.1, 0.15) is 50.1 Å². The zero-order chi connectivity index (χ0) is 12.3. The van der Waals surface area contributed by atoms with Crippen molar-refractivity contribution in [2.45, 2.75) is 50.2 Å². The molecule has 1 fully saturated rings. The molecule has 3 nitrogen and oxygen atoms in total. The van der Waals surface area contributed by atoms with Crippen molar-refractivity contribution in [1.82, 2.24) is 0 Å². The number of phenols is 1. The molecule has 0 saturated heterocycles. The Morgan fingerprint density at radius 2 is 1.71 bits per heavy atom. The summed E-state index contributed by atoms with van der Waals surface area (Å²) in [6, 6.07) is 6.78. The minimum Gasteiger partial charge on any atom is -0.508 e. The highest BCUT2D eigenvalue weighted by atomic mass is 16.3. The fourth-order valence-electron chi connectivity index (χ4n) is 2.66. The lowest BCUT2D eigenvalue weighted by Gasteiger charge is -2.34. The van der Waals surface area contributed by atoms with E-state index >= 15 is 0 Å². The molecule has 2 rings (SSSR count). The minimum atomic E-state index is -0.588. The normalized spacial score (nSPS) is 21.1. The van der Waals surface area contributed by atoms with E-state index in [1.165, 1.54) is 6.42 Å². The van der Waals surface area contributed by atoms with Crippen molar-refractivity contribution < 1.29 is 10.2 Å². The molecule has 1 aliphatic carbocycles. The predicted octanol–water partition coefficient (Wildman–Crippen LogP) is 2.48. The monoisotopic (exact) mass is 235 g/mol. The summed E-state index contributed by atoms with van der Waals surface area (Å²) in [6.07, 6.45) is 5.74. The van der Waals surface area contributed by atoms with Crippen LogP contribution >= 0.6 is 0 Å². The Kier molecular flexibility index (Phi) is 3.69. The van der Waals surface area contributed by atoms with Crippen LogP contribution in [0.25, 0.3) is 0 Å². The molecule has 0 bridgehead atoms. The summed E-state index contributed by atoms with van der Waals surface area (Å²) in [5, 5.41) is 19.6. The van der Waals surface area contributed by atoms with Gasteiger partial charge in [0.05, 0.1) is 5.60 Å². The molecule has 1 atom stereocenters. The zero-order valence-corrected chi connectivity index (χ0v) is 10.1. The first-order chi connectivity index (χ1) is 8.09. The molecule has 17 heavy (non-hydrogen) atoms. The topological polar surface area (TPSA) is 66.5 Å². The second-order valence-corrected chi connectivity index (χ2v) is 5.19. The summed E-state index contributed by atoms with van der Waals surface area (Å²) in [4.78, 5) is 0. The van der Waals surface area contributed by atoms with Gasteiger partial charge in [0.1, 0.15) is 5.75 Å². The van der Waals surface area contributed by atoms with Crippen molar-refractivity contribution in [3.8, 4) is 5.75 Å². The number of phenolic OH excluding ortho intramolecular Hbond substituents is 1. The Morgan fingerprint density at radius 3 is 2.29 bits per heavy atom. The van der Waals surface area contributed by atoms with Gasteiger partial charge in [-0.3, -0.25) is 0 Å². The van der Waals surface area contributed by atoms with Crippen LogP contribution in [0.2, 0.25) is 0 Å². The third kappa shape index (κ3) is 3.20. The Hall–Kier alpha value is -1.06. The molecule has 94 valence electrons. The van der Waals surface area contributed by atoms with Crippen LogP contribution in [-0.4, -0.2) is 15.8 Å². The Labute approximate surface area is 102 Å². The smallest absolute Gasteiger partial charge is 0.115 e. The number of hydrogen-bond donors (Lipinski definition) is 3. The number of rotatable bonds is 3. The SMILES string of the molecule is NC(CC1(O)CCCCC1)c1ccc(O)cc1. The van der Waals surface area contributed by atoms with Gasteiger partial charge in [0.25, 0.3) is 0 Å². The second kappa shape index (κ2) is 5.07. The van der Waals surface area contributed by atoms with E-state index in [1.807, 2.05) is 12.1 Å². The van der Waals surface area contributed by atoms with Gasteiger partial charge in [0.15, 0.2) is 0 Å². The average Bonchev–Trinajstić information content (AvgIpc) is 2.30. The average molecular weight is 235 g/mol. The molecule has 0 aromatic heterocycles. The number of benzene rings is 1. The van der Waals surface area contributed by atoms with Crippen molar-refractivity contribution in [2.75, 3.05) is 0 Å². The van der Waals surface area contributed by atoms with Gasteiger partial charge < -0.3 is 15.9 Å². The summed E-state index contributed by atoms with van der Waals surface area (Å²) in [7, 11) is 0. The van der Waals surface area contributed by atoms with Gasteiger partial charge in [0, 0.05) is 6.04 Å². The van der Waals surface area contributed by atoms with Crippen LogP contribution < -0.4 is 5.73 Å². The van der Waals surface area contributed by atoms with Gasteiger partial charge in [-0.25, -0.2) is 0 Å². The Balaban J connectivity index is 2.00. The second-order valence-electron chi connectivity index (χ2n) is 5.19. The first kappa shape index (κ1) is 12.4. The number of aliphatic hydroxyl groups is 1. The molecule has 1 aromatic carbocycles. The molecule has 0 aliphatic heterocycles. The van der Waals surface area contributed by atoms with E-state index in [0.717, 1.165) is 31.2 Å². The summed E-state index contributed by atoms with van der Waals surface area (Å²) in [5.41, 5.74) is 6.51. The van der Waals surface area contributed by atoms with E-state index in [-0.39, 0.29) is 11.8 Å². The molecule has 1 unspecified atom stereocenters. The minimum absolute atomic E-state index is 0.154. The van der Waals surface area contributed by atoms with E-state index in [0.29, 0.717) is 6.42 Å². The lowest BCUT2D eigenvalue weighted by Crippen LogP contribution is -2.35. The zero-order valence-electron chi connectivity index (χ0n) is 10.1. The third-order valence-electron chi connectivity index (χ3n) is 3.71. The molecule has 1 aliphatic rings.